The number of aliphatic hydroxyl groups excluding tert-OH is 2. The van der Waals surface area contributed by atoms with Crippen LogP contribution >= 0.6 is 11.6 Å². The van der Waals surface area contributed by atoms with Crippen LogP contribution in [0.4, 0.5) is 0 Å². The zero-order valence-corrected chi connectivity index (χ0v) is 8.94. The third-order valence-electron chi connectivity index (χ3n) is 1.93. The molecule has 2 unspecified atom stereocenters. The Morgan fingerprint density at radius 2 is 2.13 bits per heavy atom. The van der Waals surface area contributed by atoms with Crippen LogP contribution in [0, 0.1) is 0 Å². The molecule has 5 nitrogen and oxygen atoms in total. The standard InChI is InChI=1S/C9H13ClN2O3/c1-11-4-7(14)8(15)5-2-3-6(13)9(10)12-5/h2-3,7-8,11,13-15H,4H2,1H3. The first-order valence-electron chi connectivity index (χ1n) is 4.42. The van der Waals surface area contributed by atoms with Gasteiger partial charge in [0.2, 0.25) is 0 Å². The van der Waals surface area contributed by atoms with Crippen molar-refractivity contribution in [3.05, 3.63) is 23.0 Å². The molecule has 0 fully saturated rings. The molecule has 0 spiro atoms. The minimum absolute atomic E-state index is 0.0943. The summed E-state index contributed by atoms with van der Waals surface area (Å²) in [5.41, 5.74) is 0.223. The maximum atomic E-state index is 9.64. The first-order valence-corrected chi connectivity index (χ1v) is 4.80. The van der Waals surface area contributed by atoms with Gasteiger partial charge in [0.1, 0.15) is 6.10 Å². The van der Waals surface area contributed by atoms with E-state index in [1.54, 1.807) is 7.05 Å². The third kappa shape index (κ3) is 3.04. The molecule has 0 saturated carbocycles. The number of aromatic nitrogens is 1. The lowest BCUT2D eigenvalue weighted by Crippen LogP contribution is -2.30. The summed E-state index contributed by atoms with van der Waals surface area (Å²) in [7, 11) is 1.66. The highest BCUT2D eigenvalue weighted by Gasteiger charge is 2.19. The molecule has 1 aromatic rings. The van der Waals surface area contributed by atoms with Crippen LogP contribution in [0.5, 0.6) is 5.75 Å². The van der Waals surface area contributed by atoms with Gasteiger partial charge in [0.15, 0.2) is 10.9 Å². The maximum Gasteiger partial charge on any atom is 0.171 e. The highest BCUT2D eigenvalue weighted by Crippen LogP contribution is 2.23. The molecule has 6 heteroatoms. The van der Waals surface area contributed by atoms with E-state index in [0.717, 1.165) is 0 Å². The van der Waals surface area contributed by atoms with Crippen LogP contribution in [-0.2, 0) is 0 Å². The average Bonchev–Trinajstić information content (AvgIpc) is 2.21. The second-order valence-corrected chi connectivity index (χ2v) is 3.47. The zero-order valence-electron chi connectivity index (χ0n) is 8.18. The van der Waals surface area contributed by atoms with Crippen molar-refractivity contribution >= 4 is 11.6 Å². The van der Waals surface area contributed by atoms with Crippen LogP contribution in [0.1, 0.15) is 11.8 Å². The third-order valence-corrected chi connectivity index (χ3v) is 2.21. The smallest absolute Gasteiger partial charge is 0.171 e. The second-order valence-electron chi connectivity index (χ2n) is 3.12. The van der Waals surface area contributed by atoms with Gasteiger partial charge in [-0.3, -0.25) is 0 Å². The van der Waals surface area contributed by atoms with Gasteiger partial charge < -0.3 is 20.6 Å². The molecule has 0 aliphatic carbocycles. The van der Waals surface area contributed by atoms with Crippen molar-refractivity contribution in [3.8, 4) is 5.75 Å². The molecule has 4 N–H and O–H groups in total. The van der Waals surface area contributed by atoms with Crippen LogP contribution in [0.25, 0.3) is 0 Å². The zero-order chi connectivity index (χ0) is 11.4. The number of nitrogens with zero attached hydrogens (tertiary/aromatic N) is 1. The molecule has 0 aromatic carbocycles. The predicted molar refractivity (Wildman–Crippen MR) is 55.8 cm³/mol. The van der Waals surface area contributed by atoms with E-state index >= 15 is 0 Å². The van der Waals surface area contributed by atoms with Crippen molar-refractivity contribution in [1.82, 2.24) is 10.3 Å². The molecule has 0 radical (unpaired) electrons. The van der Waals surface area contributed by atoms with Crippen molar-refractivity contribution in [2.75, 3.05) is 13.6 Å². The van der Waals surface area contributed by atoms with Gasteiger partial charge in [-0.25, -0.2) is 4.98 Å². The Hall–Kier alpha value is -0.880. The lowest BCUT2D eigenvalue weighted by molar-refractivity contribution is 0.0176. The molecule has 84 valence electrons. The number of pyridine rings is 1. The van der Waals surface area contributed by atoms with E-state index in [2.05, 4.69) is 10.3 Å². The number of aromatic hydroxyl groups is 1. The van der Waals surface area contributed by atoms with E-state index in [-0.39, 0.29) is 23.1 Å². The van der Waals surface area contributed by atoms with E-state index in [9.17, 15) is 10.2 Å². The molecule has 15 heavy (non-hydrogen) atoms. The first kappa shape index (κ1) is 12.2. The van der Waals surface area contributed by atoms with E-state index in [1.165, 1.54) is 12.1 Å². The molecule has 1 rings (SSSR count). The molecular weight excluding hydrogens is 220 g/mol. The molecule has 0 aliphatic heterocycles. The molecule has 0 bridgehead atoms. The number of nitrogens with one attached hydrogen (secondary N) is 1. The van der Waals surface area contributed by atoms with Gasteiger partial charge in [0.25, 0.3) is 0 Å². The summed E-state index contributed by atoms with van der Waals surface area (Å²) in [6.45, 7) is 0.237. The summed E-state index contributed by atoms with van der Waals surface area (Å²) in [4.78, 5) is 3.75. The van der Waals surface area contributed by atoms with Crippen molar-refractivity contribution in [3.63, 3.8) is 0 Å². The fraction of sp³-hybridized carbons (Fsp3) is 0.444. The monoisotopic (exact) mass is 232 g/mol. The molecule has 1 heterocycles. The van der Waals surface area contributed by atoms with E-state index in [0.29, 0.717) is 0 Å². The van der Waals surface area contributed by atoms with Crippen LogP contribution in [-0.4, -0.2) is 40.0 Å². The Labute approximate surface area is 92.3 Å². The number of likely N-dealkylation sites (N-methyl/N-ethyl adjacent to an activating group) is 1. The number of aliphatic hydroxyl groups is 2. The van der Waals surface area contributed by atoms with Crippen LogP contribution < -0.4 is 5.32 Å². The number of halogens is 1. The van der Waals surface area contributed by atoms with Crippen LogP contribution in [0.2, 0.25) is 5.15 Å². The van der Waals surface area contributed by atoms with Gasteiger partial charge in [-0.15, -0.1) is 0 Å². The maximum absolute atomic E-state index is 9.64. The Morgan fingerprint density at radius 1 is 1.47 bits per heavy atom. The number of hydrogen-bond donors (Lipinski definition) is 4. The van der Waals surface area contributed by atoms with Crippen molar-refractivity contribution in [1.29, 1.82) is 0 Å². The number of hydrogen-bond acceptors (Lipinski definition) is 5. The van der Waals surface area contributed by atoms with Crippen molar-refractivity contribution in [2.45, 2.75) is 12.2 Å². The predicted octanol–water partition coefficient (Wildman–Crippen LogP) is 0.0543. The fourth-order valence-electron chi connectivity index (χ4n) is 1.12. The van der Waals surface area contributed by atoms with Crippen molar-refractivity contribution < 1.29 is 15.3 Å². The topological polar surface area (TPSA) is 85.6 Å². The van der Waals surface area contributed by atoms with Gasteiger partial charge >= 0.3 is 0 Å². The summed E-state index contributed by atoms with van der Waals surface area (Å²) >= 11 is 5.57. The molecule has 0 aliphatic rings. The van der Waals surface area contributed by atoms with E-state index in [4.69, 9.17) is 16.7 Å². The SMILES string of the molecule is CNCC(O)C(O)c1ccc(O)c(Cl)n1. The Bertz CT molecular complexity index is 335. The minimum Gasteiger partial charge on any atom is -0.505 e. The summed E-state index contributed by atoms with van der Waals surface area (Å²) in [5.74, 6) is -0.157. The summed E-state index contributed by atoms with van der Waals surface area (Å²) in [6.07, 6.45) is -2.10. The van der Waals surface area contributed by atoms with Crippen LogP contribution in [0.3, 0.4) is 0 Å². The minimum atomic E-state index is -1.13. The normalized spacial score (nSPS) is 14.9. The first-order chi connectivity index (χ1) is 7.06. The molecular formula is C9H13ClN2O3. The highest BCUT2D eigenvalue weighted by molar-refractivity contribution is 6.30. The molecule has 2 atom stereocenters. The van der Waals surface area contributed by atoms with Crippen LogP contribution in [0.15, 0.2) is 12.1 Å². The Balaban J connectivity index is 2.81. The second kappa shape index (κ2) is 5.27. The average molecular weight is 233 g/mol. The van der Waals surface area contributed by atoms with Gasteiger partial charge in [0, 0.05) is 6.54 Å². The van der Waals surface area contributed by atoms with E-state index in [1.807, 2.05) is 0 Å². The molecule has 0 saturated heterocycles. The summed E-state index contributed by atoms with van der Waals surface area (Å²) in [5, 5.41) is 30.9. The Kier molecular flexibility index (Phi) is 4.28. The summed E-state index contributed by atoms with van der Waals surface area (Å²) < 4.78 is 0. The van der Waals surface area contributed by atoms with Gasteiger partial charge in [-0.05, 0) is 19.2 Å². The lowest BCUT2D eigenvalue weighted by Gasteiger charge is -2.17. The highest BCUT2D eigenvalue weighted by atomic mass is 35.5. The quantitative estimate of drug-likeness (QED) is 0.552. The van der Waals surface area contributed by atoms with Gasteiger partial charge in [-0.2, -0.15) is 0 Å². The largest absolute Gasteiger partial charge is 0.505 e. The fourth-order valence-corrected chi connectivity index (χ4v) is 1.28. The van der Waals surface area contributed by atoms with Crippen molar-refractivity contribution in [2.24, 2.45) is 0 Å². The number of rotatable bonds is 4. The van der Waals surface area contributed by atoms with Gasteiger partial charge in [-0.1, -0.05) is 11.6 Å². The lowest BCUT2D eigenvalue weighted by atomic mass is 10.1. The van der Waals surface area contributed by atoms with E-state index < -0.39 is 12.2 Å². The Morgan fingerprint density at radius 3 is 2.67 bits per heavy atom. The summed E-state index contributed by atoms with van der Waals surface area (Å²) in [6, 6.07) is 2.73. The molecule has 1 aromatic heterocycles. The van der Waals surface area contributed by atoms with Gasteiger partial charge in [0.05, 0.1) is 11.8 Å². The molecule has 0 amide bonds.